The Morgan fingerprint density at radius 3 is 2.27 bits per heavy atom. The first-order valence-corrected chi connectivity index (χ1v) is 7.82. The fourth-order valence-corrected chi connectivity index (χ4v) is 2.35. The molecule has 0 aromatic heterocycles. The molecule has 0 aromatic rings. The molecular formula is C17H28O5. The third kappa shape index (κ3) is 4.08. The van der Waals surface area contributed by atoms with Gasteiger partial charge in [-0.25, -0.2) is 0 Å². The summed E-state index contributed by atoms with van der Waals surface area (Å²) >= 11 is 0. The number of carbonyl (C=O) groups excluding carboxylic acids is 3. The van der Waals surface area contributed by atoms with Crippen LogP contribution in [0.5, 0.6) is 0 Å². The van der Waals surface area contributed by atoms with E-state index in [9.17, 15) is 14.4 Å². The number of hydrogen-bond donors (Lipinski definition) is 0. The molecule has 126 valence electrons. The summed E-state index contributed by atoms with van der Waals surface area (Å²) in [6.07, 6.45) is 1.18. The van der Waals surface area contributed by atoms with E-state index in [1.807, 2.05) is 6.92 Å². The Morgan fingerprint density at radius 2 is 1.86 bits per heavy atom. The first-order chi connectivity index (χ1) is 9.83. The lowest BCUT2D eigenvalue weighted by Gasteiger charge is -2.31. The summed E-state index contributed by atoms with van der Waals surface area (Å²) in [7, 11) is 0. The molecule has 1 aliphatic heterocycles. The van der Waals surface area contributed by atoms with E-state index in [0.29, 0.717) is 12.8 Å². The molecular weight excluding hydrogens is 284 g/mol. The quantitative estimate of drug-likeness (QED) is 0.705. The lowest BCUT2D eigenvalue weighted by atomic mass is 9.86. The maximum absolute atomic E-state index is 12.5. The van der Waals surface area contributed by atoms with Crippen molar-refractivity contribution >= 4 is 17.7 Å². The van der Waals surface area contributed by atoms with Gasteiger partial charge in [0.1, 0.15) is 5.60 Å². The van der Waals surface area contributed by atoms with Gasteiger partial charge in [-0.15, -0.1) is 0 Å². The summed E-state index contributed by atoms with van der Waals surface area (Å²) in [4.78, 5) is 36.2. The van der Waals surface area contributed by atoms with Crippen molar-refractivity contribution in [2.45, 2.75) is 78.9 Å². The van der Waals surface area contributed by atoms with Gasteiger partial charge in [-0.1, -0.05) is 13.8 Å². The lowest BCUT2D eigenvalue weighted by molar-refractivity contribution is -0.174. The van der Waals surface area contributed by atoms with Crippen LogP contribution >= 0.6 is 0 Å². The van der Waals surface area contributed by atoms with Gasteiger partial charge in [0.05, 0.1) is 17.8 Å². The van der Waals surface area contributed by atoms with Gasteiger partial charge in [0.25, 0.3) is 0 Å². The third-order valence-corrected chi connectivity index (χ3v) is 4.48. The molecule has 1 heterocycles. The molecule has 0 aromatic carbocycles. The van der Waals surface area contributed by atoms with Crippen LogP contribution in [0.15, 0.2) is 0 Å². The van der Waals surface area contributed by atoms with Crippen LogP contribution in [0.2, 0.25) is 0 Å². The predicted octanol–water partition coefficient (Wildman–Crippen LogP) is 3.05. The molecule has 1 fully saturated rings. The van der Waals surface area contributed by atoms with Crippen LogP contribution in [0.3, 0.4) is 0 Å². The van der Waals surface area contributed by atoms with E-state index in [1.54, 1.807) is 41.5 Å². The zero-order valence-electron chi connectivity index (χ0n) is 14.7. The Kier molecular flexibility index (Phi) is 5.10. The summed E-state index contributed by atoms with van der Waals surface area (Å²) in [6.45, 7) is 12.2. The zero-order valence-corrected chi connectivity index (χ0v) is 14.7. The Morgan fingerprint density at radius 1 is 1.32 bits per heavy atom. The molecule has 0 bridgehead atoms. The molecule has 1 saturated heterocycles. The molecule has 5 nitrogen and oxygen atoms in total. The standard InChI is InChI=1S/C17H28O5/c1-8-15(3,4)14(20)22-16(5,6)12(18)10-17(7)9-11(2)13(19)21-17/h11H,8-10H2,1-7H3. The number of ketones is 1. The van der Waals surface area contributed by atoms with Crippen LogP contribution in [0, 0.1) is 11.3 Å². The minimum atomic E-state index is -1.23. The van der Waals surface area contributed by atoms with E-state index in [2.05, 4.69) is 0 Å². The second-order valence-electron chi connectivity index (χ2n) is 7.71. The number of Topliss-reactive ketones (excluding diaryl/α,β-unsaturated/α-hetero) is 1. The van der Waals surface area contributed by atoms with Crippen molar-refractivity contribution in [3.63, 3.8) is 0 Å². The molecule has 0 spiro atoms. The van der Waals surface area contributed by atoms with E-state index in [0.717, 1.165) is 0 Å². The molecule has 1 aliphatic rings. The molecule has 0 aliphatic carbocycles. The molecule has 0 amide bonds. The zero-order chi connectivity index (χ0) is 17.3. The summed E-state index contributed by atoms with van der Waals surface area (Å²) < 4.78 is 10.8. The van der Waals surface area contributed by atoms with E-state index in [4.69, 9.17) is 9.47 Å². The van der Waals surface area contributed by atoms with Gasteiger partial charge in [0.15, 0.2) is 11.4 Å². The highest BCUT2D eigenvalue weighted by atomic mass is 16.6. The Labute approximate surface area is 132 Å². The van der Waals surface area contributed by atoms with Crippen molar-refractivity contribution in [2.24, 2.45) is 11.3 Å². The van der Waals surface area contributed by atoms with Crippen molar-refractivity contribution in [2.75, 3.05) is 0 Å². The number of carbonyl (C=O) groups is 3. The van der Waals surface area contributed by atoms with Crippen LogP contribution in [0.25, 0.3) is 0 Å². The number of cyclic esters (lactones) is 1. The van der Waals surface area contributed by atoms with Crippen LogP contribution < -0.4 is 0 Å². The molecule has 0 saturated carbocycles. The van der Waals surface area contributed by atoms with Crippen molar-refractivity contribution < 1.29 is 23.9 Å². The van der Waals surface area contributed by atoms with E-state index < -0.39 is 22.6 Å². The normalized spacial score (nSPS) is 25.8. The molecule has 2 atom stereocenters. The fourth-order valence-electron chi connectivity index (χ4n) is 2.35. The molecule has 0 N–H and O–H groups in total. The highest BCUT2D eigenvalue weighted by molar-refractivity contribution is 5.91. The van der Waals surface area contributed by atoms with Crippen molar-refractivity contribution in [1.29, 1.82) is 0 Å². The summed E-state index contributed by atoms with van der Waals surface area (Å²) in [5.74, 6) is -1.12. The summed E-state index contributed by atoms with van der Waals surface area (Å²) in [5, 5.41) is 0. The number of ether oxygens (including phenoxy) is 2. The maximum Gasteiger partial charge on any atom is 0.312 e. The average Bonchev–Trinajstić information content (AvgIpc) is 2.61. The summed E-state index contributed by atoms with van der Waals surface area (Å²) in [5.41, 5.74) is -2.67. The monoisotopic (exact) mass is 312 g/mol. The maximum atomic E-state index is 12.5. The van der Waals surface area contributed by atoms with Gasteiger partial charge in [0, 0.05) is 6.42 Å². The van der Waals surface area contributed by atoms with Crippen LogP contribution in [-0.4, -0.2) is 28.9 Å². The molecule has 1 rings (SSSR count). The van der Waals surface area contributed by atoms with Gasteiger partial charge in [-0.2, -0.15) is 0 Å². The van der Waals surface area contributed by atoms with Gasteiger partial charge in [-0.05, 0) is 41.0 Å². The number of esters is 2. The second kappa shape index (κ2) is 6.01. The molecule has 0 radical (unpaired) electrons. The molecule has 22 heavy (non-hydrogen) atoms. The first-order valence-electron chi connectivity index (χ1n) is 7.82. The Bertz CT molecular complexity index is 477. The van der Waals surface area contributed by atoms with E-state index >= 15 is 0 Å². The minimum absolute atomic E-state index is 0.0515. The van der Waals surface area contributed by atoms with Crippen molar-refractivity contribution in [3.05, 3.63) is 0 Å². The third-order valence-electron chi connectivity index (χ3n) is 4.48. The SMILES string of the molecule is CCC(C)(C)C(=O)OC(C)(C)C(=O)CC1(C)CC(C)C(=O)O1. The van der Waals surface area contributed by atoms with Crippen LogP contribution in [-0.2, 0) is 23.9 Å². The topological polar surface area (TPSA) is 69.7 Å². The van der Waals surface area contributed by atoms with E-state index in [-0.39, 0.29) is 24.1 Å². The predicted molar refractivity (Wildman–Crippen MR) is 82.1 cm³/mol. The van der Waals surface area contributed by atoms with E-state index in [1.165, 1.54) is 0 Å². The fraction of sp³-hybridized carbons (Fsp3) is 0.824. The number of hydrogen-bond acceptors (Lipinski definition) is 5. The highest BCUT2D eigenvalue weighted by Gasteiger charge is 2.46. The Hall–Kier alpha value is -1.39. The summed E-state index contributed by atoms with van der Waals surface area (Å²) in [6, 6.07) is 0. The number of rotatable bonds is 6. The molecule has 5 heteroatoms. The van der Waals surface area contributed by atoms with Gasteiger partial charge in [-0.3, -0.25) is 14.4 Å². The lowest BCUT2D eigenvalue weighted by Crippen LogP contribution is -2.44. The van der Waals surface area contributed by atoms with Crippen LogP contribution in [0.4, 0.5) is 0 Å². The van der Waals surface area contributed by atoms with Gasteiger partial charge in [0.2, 0.25) is 0 Å². The largest absolute Gasteiger partial charge is 0.459 e. The first kappa shape index (κ1) is 18.7. The Balaban J connectivity index is 2.75. The van der Waals surface area contributed by atoms with Gasteiger partial charge >= 0.3 is 11.9 Å². The highest BCUT2D eigenvalue weighted by Crippen LogP contribution is 2.35. The minimum Gasteiger partial charge on any atom is -0.459 e. The average molecular weight is 312 g/mol. The van der Waals surface area contributed by atoms with Crippen molar-refractivity contribution in [3.8, 4) is 0 Å². The molecule has 2 unspecified atom stereocenters. The smallest absolute Gasteiger partial charge is 0.312 e. The second-order valence-corrected chi connectivity index (χ2v) is 7.71. The van der Waals surface area contributed by atoms with Gasteiger partial charge < -0.3 is 9.47 Å². The van der Waals surface area contributed by atoms with Crippen LogP contribution in [0.1, 0.15) is 67.7 Å². The van der Waals surface area contributed by atoms with Crippen molar-refractivity contribution in [1.82, 2.24) is 0 Å².